The summed E-state index contributed by atoms with van der Waals surface area (Å²) >= 11 is 0. The Hall–Kier alpha value is -1.75. The van der Waals surface area contributed by atoms with Gasteiger partial charge in [0.25, 0.3) is 0 Å². The first-order valence-electron chi connectivity index (χ1n) is 8.62. The van der Waals surface area contributed by atoms with E-state index in [1.54, 1.807) is 0 Å². The highest BCUT2D eigenvalue weighted by molar-refractivity contribution is 5.85. The van der Waals surface area contributed by atoms with Gasteiger partial charge >= 0.3 is 0 Å². The van der Waals surface area contributed by atoms with E-state index in [2.05, 4.69) is 22.3 Å². The lowest BCUT2D eigenvalue weighted by Crippen LogP contribution is -2.52. The van der Waals surface area contributed by atoms with Gasteiger partial charge in [0.15, 0.2) is 0 Å². The predicted molar refractivity (Wildman–Crippen MR) is 112 cm³/mol. The Morgan fingerprint density at radius 1 is 1.08 bits per heavy atom. The third-order valence-electron chi connectivity index (χ3n) is 4.52. The molecule has 2 atom stereocenters. The normalized spacial score (nSPS) is 17.4. The second kappa shape index (κ2) is 11.1. The minimum Gasteiger partial charge on any atom is -0.369 e. The molecule has 2 aromatic carbocycles. The zero-order valence-electron chi connectivity index (χ0n) is 14.7. The molecule has 0 spiro atoms. The van der Waals surface area contributed by atoms with Gasteiger partial charge in [0.1, 0.15) is 0 Å². The van der Waals surface area contributed by atoms with E-state index >= 15 is 0 Å². The molecule has 1 amide bonds. The number of rotatable bonds is 5. The predicted octanol–water partition coefficient (Wildman–Crippen LogP) is 3.19. The molecule has 0 aliphatic carbocycles. The molecule has 1 aliphatic rings. The number of hydrogen-bond acceptors (Lipinski definition) is 3. The topological polar surface area (TPSA) is 58.4 Å². The van der Waals surface area contributed by atoms with Crippen molar-refractivity contribution in [2.75, 3.05) is 18.0 Å². The molecule has 2 unspecified atom stereocenters. The summed E-state index contributed by atoms with van der Waals surface area (Å²) in [4.78, 5) is 14.7. The van der Waals surface area contributed by atoms with Gasteiger partial charge < -0.3 is 16.0 Å². The summed E-state index contributed by atoms with van der Waals surface area (Å²) in [5, 5.41) is 3.13. The highest BCUT2D eigenvalue weighted by atomic mass is 35.5. The number of para-hydroxylation sites is 1. The number of benzene rings is 2. The van der Waals surface area contributed by atoms with Crippen molar-refractivity contribution in [1.29, 1.82) is 0 Å². The summed E-state index contributed by atoms with van der Waals surface area (Å²) < 4.78 is 0. The summed E-state index contributed by atoms with van der Waals surface area (Å²) in [6, 6.07) is 19.9. The minimum atomic E-state index is -0.500. The van der Waals surface area contributed by atoms with E-state index in [9.17, 15) is 4.79 Å². The lowest BCUT2D eigenvalue weighted by atomic mass is 10.0. The third kappa shape index (κ3) is 6.20. The molecule has 0 aromatic heterocycles. The van der Waals surface area contributed by atoms with E-state index in [0.29, 0.717) is 6.42 Å². The molecule has 0 bridgehead atoms. The van der Waals surface area contributed by atoms with Crippen LogP contribution in [0, 0.1) is 0 Å². The van der Waals surface area contributed by atoms with E-state index < -0.39 is 6.04 Å². The first kappa shape index (κ1) is 22.3. The Kier molecular flexibility index (Phi) is 9.49. The Morgan fingerprint density at radius 2 is 1.69 bits per heavy atom. The van der Waals surface area contributed by atoms with Crippen LogP contribution in [-0.2, 0) is 11.2 Å². The second-order valence-electron chi connectivity index (χ2n) is 6.43. The molecule has 2 aromatic rings. The van der Waals surface area contributed by atoms with Crippen LogP contribution in [0.3, 0.4) is 0 Å². The second-order valence-corrected chi connectivity index (χ2v) is 6.43. The molecule has 6 heteroatoms. The van der Waals surface area contributed by atoms with Gasteiger partial charge in [-0.05, 0) is 37.0 Å². The molecule has 26 heavy (non-hydrogen) atoms. The van der Waals surface area contributed by atoms with Crippen molar-refractivity contribution in [3.05, 3.63) is 66.2 Å². The maximum Gasteiger partial charge on any atom is 0.237 e. The van der Waals surface area contributed by atoms with Gasteiger partial charge in [-0.15, -0.1) is 24.8 Å². The molecule has 4 nitrogen and oxygen atoms in total. The van der Waals surface area contributed by atoms with E-state index in [1.165, 1.54) is 5.69 Å². The van der Waals surface area contributed by atoms with Crippen molar-refractivity contribution in [3.63, 3.8) is 0 Å². The lowest BCUT2D eigenvalue weighted by Gasteiger charge is -2.35. The van der Waals surface area contributed by atoms with Gasteiger partial charge in [-0.25, -0.2) is 0 Å². The number of nitrogens with two attached hydrogens (primary N) is 1. The number of piperidine rings is 1. The average molecular weight is 396 g/mol. The SMILES string of the molecule is Cl.Cl.NC(Cc1ccccc1)C(=O)NC1CCCN(c2ccccc2)C1. The molecule has 1 fully saturated rings. The fraction of sp³-hybridized carbons (Fsp3) is 0.350. The molecular weight excluding hydrogens is 369 g/mol. The lowest BCUT2D eigenvalue weighted by molar-refractivity contribution is -0.123. The number of nitrogens with one attached hydrogen (secondary N) is 1. The van der Waals surface area contributed by atoms with Crippen LogP contribution in [0.2, 0.25) is 0 Å². The molecule has 3 N–H and O–H groups in total. The largest absolute Gasteiger partial charge is 0.369 e. The highest BCUT2D eigenvalue weighted by Crippen LogP contribution is 2.19. The molecule has 0 saturated carbocycles. The summed E-state index contributed by atoms with van der Waals surface area (Å²) in [6.07, 6.45) is 2.66. The Balaban J connectivity index is 0.00000169. The zero-order valence-corrected chi connectivity index (χ0v) is 16.3. The van der Waals surface area contributed by atoms with E-state index in [0.717, 1.165) is 31.5 Å². The van der Waals surface area contributed by atoms with E-state index in [4.69, 9.17) is 5.73 Å². The number of amides is 1. The van der Waals surface area contributed by atoms with Crippen molar-refractivity contribution >= 4 is 36.4 Å². The summed E-state index contributed by atoms with van der Waals surface area (Å²) in [5.41, 5.74) is 8.39. The van der Waals surface area contributed by atoms with Crippen molar-refractivity contribution in [2.45, 2.75) is 31.3 Å². The average Bonchev–Trinajstić information content (AvgIpc) is 2.63. The minimum absolute atomic E-state index is 0. The Labute approximate surface area is 168 Å². The van der Waals surface area contributed by atoms with Crippen LogP contribution in [0.1, 0.15) is 18.4 Å². The van der Waals surface area contributed by atoms with Crippen molar-refractivity contribution in [3.8, 4) is 0 Å². The monoisotopic (exact) mass is 395 g/mol. The van der Waals surface area contributed by atoms with Crippen LogP contribution >= 0.6 is 24.8 Å². The number of carbonyl (C=O) groups is 1. The van der Waals surface area contributed by atoms with Gasteiger partial charge in [-0.2, -0.15) is 0 Å². The molecule has 0 radical (unpaired) electrons. The smallest absolute Gasteiger partial charge is 0.237 e. The van der Waals surface area contributed by atoms with Gasteiger partial charge in [-0.3, -0.25) is 4.79 Å². The fourth-order valence-corrected chi connectivity index (χ4v) is 3.24. The van der Waals surface area contributed by atoms with Crippen LogP contribution in [0.25, 0.3) is 0 Å². The Bertz CT molecular complexity index is 655. The van der Waals surface area contributed by atoms with Crippen molar-refractivity contribution in [2.24, 2.45) is 5.73 Å². The van der Waals surface area contributed by atoms with Crippen LogP contribution in [0.4, 0.5) is 5.69 Å². The standard InChI is InChI=1S/C20H25N3O.2ClH/c21-19(14-16-8-3-1-4-9-16)20(24)22-17-10-7-13-23(15-17)18-11-5-2-6-12-18;;/h1-6,8-9,11-12,17,19H,7,10,13-15,21H2,(H,22,24);2*1H. The molecule has 1 aliphatic heterocycles. The summed E-state index contributed by atoms with van der Waals surface area (Å²) in [7, 11) is 0. The van der Waals surface area contributed by atoms with Gasteiger partial charge in [-0.1, -0.05) is 48.5 Å². The Morgan fingerprint density at radius 3 is 2.35 bits per heavy atom. The molecule has 1 saturated heterocycles. The van der Waals surface area contributed by atoms with E-state index in [-0.39, 0.29) is 36.8 Å². The van der Waals surface area contributed by atoms with Crippen molar-refractivity contribution in [1.82, 2.24) is 5.32 Å². The number of halogens is 2. The van der Waals surface area contributed by atoms with Crippen LogP contribution < -0.4 is 16.0 Å². The summed E-state index contributed by atoms with van der Waals surface area (Å²) in [5.74, 6) is -0.0567. The molecule has 142 valence electrons. The number of anilines is 1. The van der Waals surface area contributed by atoms with Crippen LogP contribution in [-0.4, -0.2) is 31.1 Å². The van der Waals surface area contributed by atoms with Crippen LogP contribution in [0.15, 0.2) is 60.7 Å². The zero-order chi connectivity index (χ0) is 16.8. The van der Waals surface area contributed by atoms with Crippen molar-refractivity contribution < 1.29 is 4.79 Å². The molecule has 1 heterocycles. The van der Waals surface area contributed by atoms with Gasteiger partial charge in [0, 0.05) is 24.8 Å². The first-order valence-corrected chi connectivity index (χ1v) is 8.62. The highest BCUT2D eigenvalue weighted by Gasteiger charge is 2.23. The van der Waals surface area contributed by atoms with Gasteiger partial charge in [0.05, 0.1) is 6.04 Å². The number of hydrogen-bond donors (Lipinski definition) is 2. The summed E-state index contributed by atoms with van der Waals surface area (Å²) in [6.45, 7) is 1.88. The van der Waals surface area contributed by atoms with E-state index in [1.807, 2.05) is 48.5 Å². The number of nitrogens with zero attached hydrogens (tertiary/aromatic N) is 1. The number of carbonyl (C=O) groups excluding carboxylic acids is 1. The molecular formula is C20H27Cl2N3O. The quantitative estimate of drug-likeness (QED) is 0.816. The third-order valence-corrected chi connectivity index (χ3v) is 4.52. The van der Waals surface area contributed by atoms with Crippen LogP contribution in [0.5, 0.6) is 0 Å². The van der Waals surface area contributed by atoms with Gasteiger partial charge in [0.2, 0.25) is 5.91 Å². The maximum atomic E-state index is 12.4. The molecule has 3 rings (SSSR count). The first-order chi connectivity index (χ1) is 11.7. The fourth-order valence-electron chi connectivity index (χ4n) is 3.24. The maximum absolute atomic E-state index is 12.4.